The van der Waals surface area contributed by atoms with Gasteiger partial charge in [-0.25, -0.2) is 13.2 Å². The summed E-state index contributed by atoms with van der Waals surface area (Å²) in [4.78, 5) is 38.8. The fraction of sp³-hybridized carbons (Fsp3) is 0.240. The molecule has 1 aromatic heterocycles. The van der Waals surface area contributed by atoms with Crippen LogP contribution in [-0.2, 0) is 25.1 Å². The number of nitrogens with one attached hydrogen (secondary N) is 1. The Kier molecular flexibility index (Phi) is 8.43. The zero-order chi connectivity index (χ0) is 25.4. The first kappa shape index (κ1) is 25.7. The molecule has 35 heavy (non-hydrogen) atoms. The van der Waals surface area contributed by atoms with Gasteiger partial charge >= 0.3 is 5.97 Å². The molecule has 0 bridgehead atoms. The van der Waals surface area contributed by atoms with Crippen molar-refractivity contribution in [3.63, 3.8) is 0 Å². The molecule has 2 aromatic carbocycles. The Bertz CT molecular complexity index is 1280. The third kappa shape index (κ3) is 6.57. The molecule has 3 rings (SSSR count). The van der Waals surface area contributed by atoms with Crippen LogP contribution >= 0.6 is 0 Å². The monoisotopic (exact) mass is 498 g/mol. The first-order chi connectivity index (χ1) is 16.7. The van der Waals surface area contributed by atoms with Crippen molar-refractivity contribution in [3.8, 4) is 0 Å². The predicted octanol–water partition coefficient (Wildman–Crippen LogP) is 3.53. The van der Waals surface area contributed by atoms with Crippen LogP contribution < -0.4 is 5.32 Å². The molecule has 0 saturated carbocycles. The number of carbonyl (C=O) groups excluding carboxylic acids is 3. The topological polar surface area (TPSA) is 123 Å². The number of ether oxygens (including phenoxy) is 1. The van der Waals surface area contributed by atoms with E-state index in [1.807, 2.05) is 13.8 Å². The first-order valence-electron chi connectivity index (χ1n) is 11.0. The Morgan fingerprint density at radius 1 is 0.943 bits per heavy atom. The van der Waals surface area contributed by atoms with Gasteiger partial charge in [-0.05, 0) is 56.3 Å². The summed E-state index contributed by atoms with van der Waals surface area (Å²) in [7, 11) is -3.70. The van der Waals surface area contributed by atoms with Gasteiger partial charge in [-0.2, -0.15) is 0 Å². The molecule has 2 amide bonds. The maximum absolute atomic E-state index is 12.6. The fourth-order valence-electron chi connectivity index (χ4n) is 3.33. The fourth-order valence-corrected chi connectivity index (χ4v) is 4.70. The highest BCUT2D eigenvalue weighted by atomic mass is 32.2. The maximum atomic E-state index is 12.6. The molecule has 0 radical (unpaired) electrons. The van der Waals surface area contributed by atoms with E-state index in [0.717, 1.165) is 0 Å². The van der Waals surface area contributed by atoms with Crippen molar-refractivity contribution < 1.29 is 32.0 Å². The molecule has 0 saturated heterocycles. The smallest absolute Gasteiger partial charge is 0.375 e. The highest BCUT2D eigenvalue weighted by Gasteiger charge is 2.24. The predicted molar refractivity (Wildman–Crippen MR) is 129 cm³/mol. The van der Waals surface area contributed by atoms with E-state index in [2.05, 4.69) is 5.32 Å². The zero-order valence-corrected chi connectivity index (χ0v) is 20.2. The number of benzene rings is 2. The van der Waals surface area contributed by atoms with E-state index >= 15 is 0 Å². The van der Waals surface area contributed by atoms with E-state index < -0.39 is 34.1 Å². The minimum atomic E-state index is -3.70. The van der Waals surface area contributed by atoms with Crippen molar-refractivity contribution in [2.75, 3.05) is 25.0 Å². The molecule has 10 heteroatoms. The van der Waals surface area contributed by atoms with Crippen molar-refractivity contribution in [3.05, 3.63) is 83.8 Å². The molecule has 0 unspecified atom stereocenters. The molecule has 0 aliphatic heterocycles. The number of furan rings is 1. The molecule has 9 nitrogen and oxygen atoms in total. The number of hydrogen-bond donors (Lipinski definition) is 1. The Hall–Kier alpha value is -3.92. The summed E-state index contributed by atoms with van der Waals surface area (Å²) in [5, 5.41) is 2.57. The zero-order valence-electron chi connectivity index (χ0n) is 19.4. The van der Waals surface area contributed by atoms with E-state index in [4.69, 9.17) is 9.15 Å². The molecule has 1 heterocycles. The van der Waals surface area contributed by atoms with Gasteiger partial charge in [0.25, 0.3) is 11.8 Å². The van der Waals surface area contributed by atoms with Crippen molar-refractivity contribution in [2.24, 2.45) is 0 Å². The second-order valence-corrected chi connectivity index (χ2v) is 9.52. The number of nitrogens with zero attached hydrogens (tertiary/aromatic N) is 1. The number of amides is 2. The number of esters is 1. The van der Waals surface area contributed by atoms with Crippen LogP contribution in [0.3, 0.4) is 0 Å². The van der Waals surface area contributed by atoms with E-state index in [1.54, 1.807) is 47.4 Å². The Morgan fingerprint density at radius 2 is 1.60 bits per heavy atom. The summed E-state index contributed by atoms with van der Waals surface area (Å²) < 4.78 is 35.3. The van der Waals surface area contributed by atoms with Crippen molar-refractivity contribution >= 4 is 33.3 Å². The van der Waals surface area contributed by atoms with Gasteiger partial charge in [-0.3, -0.25) is 9.59 Å². The molecule has 0 fully saturated rings. The van der Waals surface area contributed by atoms with E-state index in [0.29, 0.717) is 24.3 Å². The molecule has 0 atom stereocenters. The number of carbonyl (C=O) groups is 3. The molecule has 0 aliphatic rings. The molecule has 0 spiro atoms. The molecular weight excluding hydrogens is 472 g/mol. The Morgan fingerprint density at radius 3 is 2.23 bits per heavy atom. The lowest BCUT2D eigenvalue weighted by Crippen LogP contribution is -2.30. The standard InChI is InChI=1S/C25H26N2O7S/c1-3-27(4-2)24(29)18-10-12-20(13-11-18)26-22(28)16-34-25(30)23-19(14-15-33-23)17-35(31,32)21-8-6-5-7-9-21/h5-15H,3-4,16-17H2,1-2H3,(H,26,28). The average Bonchev–Trinajstić information content (AvgIpc) is 3.31. The van der Waals surface area contributed by atoms with Gasteiger partial charge in [0, 0.05) is 29.9 Å². The van der Waals surface area contributed by atoms with Crippen LogP contribution in [0.4, 0.5) is 5.69 Å². The van der Waals surface area contributed by atoms with Gasteiger partial charge in [0.2, 0.25) is 5.76 Å². The van der Waals surface area contributed by atoms with Crippen LogP contribution in [0.25, 0.3) is 0 Å². The maximum Gasteiger partial charge on any atom is 0.375 e. The lowest BCUT2D eigenvalue weighted by molar-refractivity contribution is -0.119. The van der Waals surface area contributed by atoms with E-state index in [1.165, 1.54) is 24.5 Å². The largest absolute Gasteiger partial charge is 0.457 e. The summed E-state index contributed by atoms with van der Waals surface area (Å²) in [5.74, 6) is -2.40. The van der Waals surface area contributed by atoms with E-state index in [9.17, 15) is 22.8 Å². The molecular formula is C25H26N2O7S. The van der Waals surface area contributed by atoms with Crippen molar-refractivity contribution in [1.29, 1.82) is 0 Å². The minimum absolute atomic E-state index is 0.106. The second kappa shape index (κ2) is 11.5. The van der Waals surface area contributed by atoms with Gasteiger partial charge in [-0.15, -0.1) is 0 Å². The summed E-state index contributed by atoms with van der Waals surface area (Å²) in [6.07, 6.45) is 1.19. The number of rotatable bonds is 10. The van der Waals surface area contributed by atoms with Crippen LogP contribution in [-0.4, -0.2) is 50.8 Å². The summed E-state index contributed by atoms with van der Waals surface area (Å²) in [5.41, 5.74) is 1.05. The van der Waals surface area contributed by atoms with Crippen LogP contribution in [0.5, 0.6) is 0 Å². The van der Waals surface area contributed by atoms with Crippen LogP contribution in [0.15, 0.2) is 76.2 Å². The van der Waals surface area contributed by atoms with Crippen LogP contribution in [0.2, 0.25) is 0 Å². The lowest BCUT2D eigenvalue weighted by atomic mass is 10.2. The van der Waals surface area contributed by atoms with Crippen molar-refractivity contribution in [2.45, 2.75) is 24.5 Å². The van der Waals surface area contributed by atoms with Crippen LogP contribution in [0.1, 0.15) is 40.3 Å². The van der Waals surface area contributed by atoms with Gasteiger partial charge in [-0.1, -0.05) is 18.2 Å². The van der Waals surface area contributed by atoms with Gasteiger partial charge in [0.05, 0.1) is 16.9 Å². The van der Waals surface area contributed by atoms with Gasteiger partial charge < -0.3 is 19.4 Å². The number of anilines is 1. The summed E-state index contributed by atoms with van der Waals surface area (Å²) >= 11 is 0. The highest BCUT2D eigenvalue weighted by Crippen LogP contribution is 2.20. The SMILES string of the molecule is CCN(CC)C(=O)c1ccc(NC(=O)COC(=O)c2occc2CS(=O)(=O)c2ccccc2)cc1. The summed E-state index contributed by atoms with van der Waals surface area (Å²) in [6.45, 7) is 4.37. The highest BCUT2D eigenvalue weighted by molar-refractivity contribution is 7.90. The third-order valence-electron chi connectivity index (χ3n) is 5.18. The average molecular weight is 499 g/mol. The lowest BCUT2D eigenvalue weighted by Gasteiger charge is -2.18. The molecule has 184 valence electrons. The number of sulfone groups is 1. The quantitative estimate of drug-likeness (QED) is 0.424. The number of hydrogen-bond acceptors (Lipinski definition) is 7. The molecule has 3 aromatic rings. The molecule has 1 N–H and O–H groups in total. The van der Waals surface area contributed by atoms with Crippen molar-refractivity contribution in [1.82, 2.24) is 4.90 Å². The second-order valence-electron chi connectivity index (χ2n) is 7.53. The van der Waals surface area contributed by atoms with Gasteiger partial charge in [0.1, 0.15) is 0 Å². The minimum Gasteiger partial charge on any atom is -0.457 e. The van der Waals surface area contributed by atoms with Crippen LogP contribution in [0, 0.1) is 0 Å². The summed E-state index contributed by atoms with van der Waals surface area (Å²) in [6, 6.07) is 15.6. The first-order valence-corrected chi connectivity index (χ1v) is 12.6. The third-order valence-corrected chi connectivity index (χ3v) is 6.86. The molecule has 0 aliphatic carbocycles. The van der Waals surface area contributed by atoms with Gasteiger partial charge in [0.15, 0.2) is 16.4 Å². The Labute approximate surface area is 203 Å². The normalized spacial score (nSPS) is 11.0. The van der Waals surface area contributed by atoms with E-state index in [-0.39, 0.29) is 22.1 Å². The Balaban J connectivity index is 1.57.